The van der Waals surface area contributed by atoms with E-state index in [1.165, 1.54) is 6.07 Å². The number of urea groups is 1. The Balaban J connectivity index is 1.32. The third-order valence-corrected chi connectivity index (χ3v) is 6.82. The first-order valence-corrected chi connectivity index (χ1v) is 12.0. The molecule has 0 spiro atoms. The van der Waals surface area contributed by atoms with Gasteiger partial charge in [-0.05, 0) is 91.6 Å². The number of ether oxygens (including phenoxy) is 2. The molecule has 36 heavy (non-hydrogen) atoms. The van der Waals surface area contributed by atoms with E-state index in [1.54, 1.807) is 56.8 Å². The number of carbonyl (C=O) groups is 2. The van der Waals surface area contributed by atoms with Crippen LogP contribution in [0.1, 0.15) is 47.5 Å². The number of fused-ring (bicyclic) bond motifs is 1. The third kappa shape index (κ3) is 6.09. The Bertz CT molecular complexity index is 1200. The van der Waals surface area contributed by atoms with Crippen LogP contribution in [0.5, 0.6) is 5.75 Å². The van der Waals surface area contributed by atoms with Gasteiger partial charge in [-0.25, -0.2) is 14.6 Å². The second-order valence-electron chi connectivity index (χ2n) is 9.02. The minimum atomic E-state index is -0.503. The maximum atomic E-state index is 13.9. The fraction of sp³-hybridized carbons (Fsp3) is 0.370. The molecule has 0 radical (unpaired) electrons. The van der Waals surface area contributed by atoms with Gasteiger partial charge < -0.3 is 14.8 Å². The Labute approximate surface area is 209 Å². The molecule has 3 N–H and O–H groups in total. The lowest BCUT2D eigenvalue weighted by Crippen LogP contribution is -2.53. The average molecular weight is 495 g/mol. The van der Waals surface area contributed by atoms with Crippen molar-refractivity contribution in [3.05, 3.63) is 71.7 Å². The Kier molecular flexibility index (Phi) is 8.32. The quantitative estimate of drug-likeness (QED) is 0.425. The summed E-state index contributed by atoms with van der Waals surface area (Å²) in [7, 11) is 3.15. The number of halogens is 1. The number of benzene rings is 2. The molecule has 9 heteroatoms. The van der Waals surface area contributed by atoms with Crippen molar-refractivity contribution in [2.75, 3.05) is 20.8 Å². The number of nitrogens with zero attached hydrogens (tertiary/aromatic N) is 1. The van der Waals surface area contributed by atoms with E-state index in [0.29, 0.717) is 23.8 Å². The number of hydrogen-bond acceptors (Lipinski definition) is 5. The summed E-state index contributed by atoms with van der Waals surface area (Å²) < 4.78 is 24.3. The van der Waals surface area contributed by atoms with Gasteiger partial charge in [-0.1, -0.05) is 0 Å². The van der Waals surface area contributed by atoms with Crippen LogP contribution in [0.2, 0.25) is 0 Å². The third-order valence-electron chi connectivity index (χ3n) is 6.82. The maximum absolute atomic E-state index is 13.9. The number of amides is 3. The average Bonchev–Trinajstić information content (AvgIpc) is 2.91. The largest absolute Gasteiger partial charge is 0.497 e. The summed E-state index contributed by atoms with van der Waals surface area (Å²) in [6.45, 7) is 0.360. The number of pyridine rings is 1. The zero-order valence-electron chi connectivity index (χ0n) is 20.4. The van der Waals surface area contributed by atoms with Crippen LogP contribution in [0.3, 0.4) is 0 Å². The van der Waals surface area contributed by atoms with Gasteiger partial charge in [0.25, 0.3) is 5.91 Å². The predicted octanol–water partition coefficient (Wildman–Crippen LogP) is 4.32. The van der Waals surface area contributed by atoms with Crippen molar-refractivity contribution in [1.82, 2.24) is 21.2 Å². The molecular formula is C27H31FN4O4. The minimum Gasteiger partial charge on any atom is -0.497 e. The standard InChI is InChI=1S/C27H31FN4O4/c1-35-16-25(30-27(34)32-31-26(33)19-7-10-21(36-2)11-8-19)18-5-3-17(4-6-18)22-13-14-29-24-12-9-20(28)15-23(22)24/h7-15,17-18,25H,3-6,16H2,1-2H3,(H,31,33)(H2,30,32,34)/t17-,18+,25?. The SMILES string of the molecule is COCC(NC(=O)NNC(=O)c1ccc(OC)cc1)[C@H]1CC[C@@H](c2ccnc3ccc(F)cc32)CC1. The van der Waals surface area contributed by atoms with Crippen molar-refractivity contribution in [3.8, 4) is 5.75 Å². The van der Waals surface area contributed by atoms with E-state index in [0.717, 1.165) is 42.1 Å². The van der Waals surface area contributed by atoms with Crippen LogP contribution in [-0.4, -0.2) is 43.8 Å². The first-order chi connectivity index (χ1) is 17.5. The number of hydrazine groups is 1. The van der Waals surface area contributed by atoms with E-state index in [1.807, 2.05) is 6.07 Å². The Morgan fingerprint density at radius 2 is 1.78 bits per heavy atom. The van der Waals surface area contributed by atoms with Crippen LogP contribution in [0.4, 0.5) is 9.18 Å². The number of hydrogen-bond donors (Lipinski definition) is 3. The molecule has 3 amide bonds. The molecule has 190 valence electrons. The predicted molar refractivity (Wildman–Crippen MR) is 134 cm³/mol. The van der Waals surface area contributed by atoms with Gasteiger partial charge in [0, 0.05) is 24.3 Å². The number of rotatable bonds is 7. The lowest BCUT2D eigenvalue weighted by Gasteiger charge is -2.34. The lowest BCUT2D eigenvalue weighted by molar-refractivity contribution is 0.0931. The zero-order valence-corrected chi connectivity index (χ0v) is 20.4. The van der Waals surface area contributed by atoms with Crippen molar-refractivity contribution in [2.24, 2.45) is 5.92 Å². The van der Waals surface area contributed by atoms with Gasteiger partial charge in [0.1, 0.15) is 11.6 Å². The van der Waals surface area contributed by atoms with Crippen molar-refractivity contribution >= 4 is 22.8 Å². The van der Waals surface area contributed by atoms with Gasteiger partial charge in [-0.15, -0.1) is 0 Å². The molecular weight excluding hydrogens is 463 g/mol. The molecule has 3 aromatic rings. The highest BCUT2D eigenvalue weighted by atomic mass is 19.1. The highest BCUT2D eigenvalue weighted by molar-refractivity contribution is 5.95. The molecule has 8 nitrogen and oxygen atoms in total. The van der Waals surface area contributed by atoms with E-state index in [9.17, 15) is 14.0 Å². The summed E-state index contributed by atoms with van der Waals surface area (Å²) >= 11 is 0. The first kappa shape index (κ1) is 25.4. The minimum absolute atomic E-state index is 0.208. The van der Waals surface area contributed by atoms with E-state index in [-0.39, 0.29) is 17.8 Å². The van der Waals surface area contributed by atoms with E-state index in [2.05, 4.69) is 21.2 Å². The second kappa shape index (κ2) is 11.8. The number of methoxy groups -OCH3 is 2. The van der Waals surface area contributed by atoms with Gasteiger partial charge in [-0.3, -0.25) is 15.2 Å². The fourth-order valence-electron chi connectivity index (χ4n) is 4.94. The molecule has 1 aliphatic rings. The second-order valence-corrected chi connectivity index (χ2v) is 9.02. The topological polar surface area (TPSA) is 102 Å². The molecule has 1 aliphatic carbocycles. The fourth-order valence-corrected chi connectivity index (χ4v) is 4.94. The van der Waals surface area contributed by atoms with Crippen molar-refractivity contribution in [3.63, 3.8) is 0 Å². The molecule has 1 fully saturated rings. The van der Waals surface area contributed by atoms with Crippen molar-refractivity contribution in [1.29, 1.82) is 0 Å². The van der Waals surface area contributed by atoms with Crippen LogP contribution in [-0.2, 0) is 4.74 Å². The van der Waals surface area contributed by atoms with Gasteiger partial charge >= 0.3 is 6.03 Å². The van der Waals surface area contributed by atoms with Gasteiger partial charge in [0.15, 0.2) is 0 Å². The van der Waals surface area contributed by atoms with E-state index in [4.69, 9.17) is 9.47 Å². The summed E-state index contributed by atoms with van der Waals surface area (Å²) in [6, 6.07) is 12.5. The Morgan fingerprint density at radius 1 is 1.03 bits per heavy atom. The molecule has 1 heterocycles. The molecule has 1 atom stereocenters. The smallest absolute Gasteiger partial charge is 0.333 e. The summed E-state index contributed by atoms with van der Waals surface area (Å²) in [5.41, 5.74) is 7.14. The lowest BCUT2D eigenvalue weighted by atomic mass is 9.75. The van der Waals surface area contributed by atoms with E-state index >= 15 is 0 Å². The summed E-state index contributed by atoms with van der Waals surface area (Å²) in [4.78, 5) is 29.2. The Morgan fingerprint density at radius 3 is 2.47 bits per heavy atom. The van der Waals surface area contributed by atoms with Crippen LogP contribution in [0.25, 0.3) is 10.9 Å². The van der Waals surface area contributed by atoms with Crippen molar-refractivity contribution in [2.45, 2.75) is 37.6 Å². The Hall–Kier alpha value is -3.72. The summed E-state index contributed by atoms with van der Waals surface area (Å²) in [5, 5.41) is 3.80. The summed E-state index contributed by atoms with van der Waals surface area (Å²) in [5.74, 6) is 0.458. The first-order valence-electron chi connectivity index (χ1n) is 12.0. The highest BCUT2D eigenvalue weighted by Gasteiger charge is 2.30. The molecule has 1 saturated carbocycles. The molecule has 1 unspecified atom stereocenters. The van der Waals surface area contributed by atoms with Crippen LogP contribution >= 0.6 is 0 Å². The number of nitrogens with one attached hydrogen (secondary N) is 3. The molecule has 0 aliphatic heterocycles. The van der Waals surface area contributed by atoms with Crippen LogP contribution in [0.15, 0.2) is 54.7 Å². The molecule has 4 rings (SSSR count). The van der Waals surface area contributed by atoms with E-state index < -0.39 is 11.9 Å². The summed E-state index contributed by atoms with van der Waals surface area (Å²) in [6.07, 6.45) is 5.38. The normalized spacial score (nSPS) is 18.3. The van der Waals surface area contributed by atoms with Crippen molar-refractivity contribution < 1.29 is 23.5 Å². The van der Waals surface area contributed by atoms with Crippen LogP contribution in [0, 0.1) is 11.7 Å². The molecule has 0 saturated heterocycles. The molecule has 2 aromatic carbocycles. The molecule has 1 aromatic heterocycles. The van der Waals surface area contributed by atoms with Gasteiger partial charge in [0.2, 0.25) is 0 Å². The molecule has 0 bridgehead atoms. The van der Waals surface area contributed by atoms with Crippen LogP contribution < -0.4 is 20.9 Å². The zero-order chi connectivity index (χ0) is 25.5. The highest BCUT2D eigenvalue weighted by Crippen LogP contribution is 2.39. The van der Waals surface area contributed by atoms with Gasteiger partial charge in [0.05, 0.1) is 25.3 Å². The maximum Gasteiger partial charge on any atom is 0.333 e. The van der Waals surface area contributed by atoms with Gasteiger partial charge in [-0.2, -0.15) is 0 Å². The monoisotopic (exact) mass is 494 g/mol. The number of aromatic nitrogens is 1. The number of carbonyl (C=O) groups excluding carboxylic acids is 2.